The average Bonchev–Trinajstić information content (AvgIpc) is 3.17. The second-order valence-electron chi connectivity index (χ2n) is 8.17. The molecule has 0 saturated carbocycles. The molecule has 1 fully saturated rings. The Morgan fingerprint density at radius 3 is 2.59 bits per heavy atom. The summed E-state index contributed by atoms with van der Waals surface area (Å²) in [5.74, 6) is 0.904. The Labute approximate surface area is 171 Å². The topological polar surface area (TPSA) is 57.3 Å². The summed E-state index contributed by atoms with van der Waals surface area (Å²) >= 11 is 0. The summed E-state index contributed by atoms with van der Waals surface area (Å²) in [5, 5.41) is 6.81. The van der Waals surface area contributed by atoms with E-state index in [2.05, 4.69) is 46.5 Å². The van der Waals surface area contributed by atoms with Crippen LogP contribution in [0.25, 0.3) is 5.57 Å². The van der Waals surface area contributed by atoms with Crippen molar-refractivity contribution in [2.24, 2.45) is 0 Å². The molecule has 0 spiro atoms. The van der Waals surface area contributed by atoms with E-state index in [1.54, 1.807) is 6.20 Å². The third kappa shape index (κ3) is 3.41. The summed E-state index contributed by atoms with van der Waals surface area (Å²) in [7, 11) is 0. The van der Waals surface area contributed by atoms with E-state index in [-0.39, 0.29) is 5.91 Å². The molecule has 148 valence electrons. The van der Waals surface area contributed by atoms with Crippen LogP contribution in [0.3, 0.4) is 0 Å². The Kier molecular flexibility index (Phi) is 4.58. The molecule has 1 aromatic carbocycles. The van der Waals surface area contributed by atoms with Crippen molar-refractivity contribution in [2.45, 2.75) is 38.1 Å². The maximum absolute atomic E-state index is 13.0. The van der Waals surface area contributed by atoms with Crippen molar-refractivity contribution in [2.75, 3.05) is 23.7 Å². The van der Waals surface area contributed by atoms with Crippen LogP contribution in [0.5, 0.6) is 0 Å². The highest BCUT2D eigenvalue weighted by molar-refractivity contribution is 6.11. The van der Waals surface area contributed by atoms with Gasteiger partial charge in [0.2, 0.25) is 0 Å². The fourth-order valence-electron chi connectivity index (χ4n) is 4.61. The van der Waals surface area contributed by atoms with Crippen molar-refractivity contribution in [3.8, 4) is 0 Å². The monoisotopic (exact) mass is 386 g/mol. The van der Waals surface area contributed by atoms with Gasteiger partial charge in [0.1, 0.15) is 5.82 Å². The second-order valence-corrected chi connectivity index (χ2v) is 8.17. The molecule has 29 heavy (non-hydrogen) atoms. The molecule has 3 aliphatic rings. The molecule has 5 rings (SSSR count). The molecular weight excluding hydrogens is 360 g/mol. The number of likely N-dealkylation sites (tertiary alicyclic amines) is 1. The maximum atomic E-state index is 13.0. The number of carbonyl (C=O) groups is 1. The van der Waals surface area contributed by atoms with Crippen LogP contribution in [0.4, 0.5) is 11.5 Å². The minimum atomic E-state index is 0.0745. The minimum absolute atomic E-state index is 0.0745. The number of piperidine rings is 1. The zero-order valence-electron chi connectivity index (χ0n) is 16.6. The first-order valence-electron chi connectivity index (χ1n) is 10.5. The molecule has 0 atom stereocenters. The highest BCUT2D eigenvalue weighted by Crippen LogP contribution is 2.35. The van der Waals surface area contributed by atoms with Gasteiger partial charge in [0, 0.05) is 30.9 Å². The number of amides is 1. The first kappa shape index (κ1) is 18.0. The van der Waals surface area contributed by atoms with Crippen LogP contribution < -0.4 is 10.6 Å². The number of nitrogens with zero attached hydrogens (tertiary/aromatic N) is 2. The van der Waals surface area contributed by atoms with E-state index in [4.69, 9.17) is 0 Å². The van der Waals surface area contributed by atoms with Gasteiger partial charge in [0.25, 0.3) is 5.91 Å². The largest absolute Gasteiger partial charge is 0.367 e. The molecule has 1 amide bonds. The lowest BCUT2D eigenvalue weighted by Crippen LogP contribution is -2.37. The highest BCUT2D eigenvalue weighted by atomic mass is 16.2. The fourth-order valence-corrected chi connectivity index (χ4v) is 4.61. The van der Waals surface area contributed by atoms with Crippen molar-refractivity contribution in [1.29, 1.82) is 0 Å². The van der Waals surface area contributed by atoms with Gasteiger partial charge in [0.05, 0.1) is 17.5 Å². The van der Waals surface area contributed by atoms with E-state index in [9.17, 15) is 4.79 Å². The van der Waals surface area contributed by atoms with Crippen molar-refractivity contribution in [3.63, 3.8) is 0 Å². The van der Waals surface area contributed by atoms with Gasteiger partial charge in [-0.3, -0.25) is 4.79 Å². The molecule has 0 unspecified atom stereocenters. The lowest BCUT2D eigenvalue weighted by atomic mass is 9.95. The van der Waals surface area contributed by atoms with Gasteiger partial charge in [-0.25, -0.2) is 4.98 Å². The molecule has 2 aromatic rings. The fraction of sp³-hybridized carbons (Fsp3) is 0.333. The number of fused-ring (bicyclic) bond motifs is 2. The van der Waals surface area contributed by atoms with E-state index < -0.39 is 0 Å². The van der Waals surface area contributed by atoms with Gasteiger partial charge < -0.3 is 15.5 Å². The van der Waals surface area contributed by atoms with E-state index in [1.807, 2.05) is 17.2 Å². The van der Waals surface area contributed by atoms with Crippen LogP contribution in [0.1, 0.15) is 36.0 Å². The average molecular weight is 386 g/mol. The summed E-state index contributed by atoms with van der Waals surface area (Å²) in [5.41, 5.74) is 6.09. The molecular formula is C24H26N4O. The number of anilines is 2. The Morgan fingerprint density at radius 1 is 1.14 bits per heavy atom. The van der Waals surface area contributed by atoms with Crippen LogP contribution in [0.2, 0.25) is 0 Å². The predicted octanol–water partition coefficient (Wildman–Crippen LogP) is 4.00. The third-order valence-corrected chi connectivity index (χ3v) is 6.20. The van der Waals surface area contributed by atoms with Crippen LogP contribution in [-0.2, 0) is 17.6 Å². The zero-order chi connectivity index (χ0) is 19.8. The molecule has 5 nitrogen and oxygen atoms in total. The summed E-state index contributed by atoms with van der Waals surface area (Å²) in [6, 6.07) is 11.0. The van der Waals surface area contributed by atoms with Crippen molar-refractivity contribution >= 4 is 23.0 Å². The first-order chi connectivity index (χ1) is 14.2. The van der Waals surface area contributed by atoms with Gasteiger partial charge in [0.15, 0.2) is 0 Å². The molecule has 1 aliphatic carbocycles. The van der Waals surface area contributed by atoms with Crippen molar-refractivity contribution in [1.82, 2.24) is 9.88 Å². The molecule has 5 heteroatoms. The quantitative estimate of drug-likeness (QED) is 0.837. The third-order valence-electron chi connectivity index (χ3n) is 6.20. The van der Waals surface area contributed by atoms with E-state index in [1.165, 1.54) is 17.5 Å². The zero-order valence-corrected chi connectivity index (χ0v) is 16.6. The summed E-state index contributed by atoms with van der Waals surface area (Å²) in [6.45, 7) is 5.92. The summed E-state index contributed by atoms with van der Waals surface area (Å²) < 4.78 is 0. The standard InChI is InChI=1S/C24H26N4O/c1-16-20-13-23(27-19-11-17-7-3-4-8-18(17)12-19)26-15-22(20)25-14-21(16)24(29)28-9-5-2-6-10-28/h3-4,7-8,13-15,19,25H,1-2,5-6,9-12H2,(H,26,27). The lowest BCUT2D eigenvalue weighted by molar-refractivity contribution is -0.127. The predicted molar refractivity (Wildman–Crippen MR) is 117 cm³/mol. The molecule has 3 heterocycles. The van der Waals surface area contributed by atoms with Gasteiger partial charge in [-0.1, -0.05) is 30.8 Å². The van der Waals surface area contributed by atoms with Gasteiger partial charge in [-0.05, 0) is 54.9 Å². The minimum Gasteiger partial charge on any atom is -0.367 e. The SMILES string of the molecule is C=C1C(C(=O)N2CCCCC2)=CNc2cnc(NC3Cc4ccccc4C3)cc21. The van der Waals surface area contributed by atoms with E-state index >= 15 is 0 Å². The second kappa shape index (κ2) is 7.39. The number of carbonyl (C=O) groups excluding carboxylic acids is 1. The summed E-state index contributed by atoms with van der Waals surface area (Å²) in [4.78, 5) is 19.5. The molecule has 2 aliphatic heterocycles. The van der Waals surface area contributed by atoms with Crippen molar-refractivity contribution < 1.29 is 4.79 Å². The Balaban J connectivity index is 1.32. The van der Waals surface area contributed by atoms with E-state index in [0.29, 0.717) is 11.6 Å². The highest BCUT2D eigenvalue weighted by Gasteiger charge is 2.27. The van der Waals surface area contributed by atoms with Crippen LogP contribution in [0.15, 0.2) is 54.9 Å². The van der Waals surface area contributed by atoms with E-state index in [0.717, 1.165) is 61.4 Å². The lowest BCUT2D eigenvalue weighted by Gasteiger charge is -2.30. The number of aromatic nitrogens is 1. The number of nitrogens with one attached hydrogen (secondary N) is 2. The molecule has 2 N–H and O–H groups in total. The smallest absolute Gasteiger partial charge is 0.255 e. The summed E-state index contributed by atoms with van der Waals surface area (Å²) in [6.07, 6.45) is 8.98. The normalized spacial score (nSPS) is 18.6. The van der Waals surface area contributed by atoms with Crippen LogP contribution >= 0.6 is 0 Å². The molecule has 0 radical (unpaired) electrons. The molecule has 0 bridgehead atoms. The number of benzene rings is 1. The maximum Gasteiger partial charge on any atom is 0.255 e. The van der Waals surface area contributed by atoms with Gasteiger partial charge >= 0.3 is 0 Å². The Morgan fingerprint density at radius 2 is 1.86 bits per heavy atom. The Bertz CT molecular complexity index is 979. The molecule has 1 aromatic heterocycles. The van der Waals surface area contributed by atoms with Crippen LogP contribution in [0, 0.1) is 0 Å². The van der Waals surface area contributed by atoms with Gasteiger partial charge in [-0.2, -0.15) is 0 Å². The number of hydrogen-bond donors (Lipinski definition) is 2. The number of pyridine rings is 1. The first-order valence-corrected chi connectivity index (χ1v) is 10.5. The number of hydrogen-bond acceptors (Lipinski definition) is 4. The number of rotatable bonds is 3. The molecule has 1 saturated heterocycles. The van der Waals surface area contributed by atoms with Crippen LogP contribution in [-0.4, -0.2) is 34.9 Å². The Hall–Kier alpha value is -3.08. The van der Waals surface area contributed by atoms with Crippen molar-refractivity contribution in [3.05, 3.63) is 71.6 Å². The van der Waals surface area contributed by atoms with Gasteiger partial charge in [-0.15, -0.1) is 0 Å².